The summed E-state index contributed by atoms with van der Waals surface area (Å²) in [5, 5.41) is 7.62. The Hall–Kier alpha value is -4.72. The zero-order valence-electron chi connectivity index (χ0n) is 21.4. The lowest BCUT2D eigenvalue weighted by atomic mass is 9.99. The van der Waals surface area contributed by atoms with Crippen molar-refractivity contribution in [3.05, 3.63) is 136 Å². The molecular weight excluding hydrogens is 602 g/mol. The molecule has 1 aromatic heterocycles. The molecule has 1 heterocycles. The minimum Gasteiger partial charge on any atom is -0.422 e. The molecule has 5 aromatic carbocycles. The molecule has 0 aliphatic carbocycles. The third-order valence-electron chi connectivity index (χ3n) is 6.64. The zero-order valence-corrected chi connectivity index (χ0v) is 23.7. The number of carbonyl (C=O) groups excluding carboxylic acids is 2. The van der Waals surface area contributed by atoms with Crippen LogP contribution in [0.25, 0.3) is 32.8 Å². The molecule has 6 aromatic rings. The van der Waals surface area contributed by atoms with E-state index >= 15 is 0 Å². The van der Waals surface area contributed by atoms with Crippen LogP contribution in [-0.4, -0.2) is 23.1 Å². The van der Waals surface area contributed by atoms with Crippen molar-refractivity contribution in [1.29, 1.82) is 0 Å². The quantitative estimate of drug-likeness (QED) is 0.0847. The van der Waals surface area contributed by atoms with Gasteiger partial charge in [-0.15, -0.1) is 0 Å². The first-order valence-corrected chi connectivity index (χ1v) is 13.9. The Morgan fingerprint density at radius 1 is 0.829 bits per heavy atom. The van der Waals surface area contributed by atoms with E-state index in [4.69, 9.17) is 16.3 Å². The minimum absolute atomic E-state index is 0.312. The molecule has 8 heteroatoms. The fourth-order valence-electron chi connectivity index (χ4n) is 4.69. The Balaban J connectivity index is 1.31. The number of amides is 1. The Morgan fingerprint density at radius 3 is 2.39 bits per heavy atom. The summed E-state index contributed by atoms with van der Waals surface area (Å²) in [7, 11) is 0. The summed E-state index contributed by atoms with van der Waals surface area (Å²) < 4.78 is 6.46. The van der Waals surface area contributed by atoms with Crippen molar-refractivity contribution >= 4 is 67.3 Å². The maximum atomic E-state index is 13.5. The van der Waals surface area contributed by atoms with Crippen LogP contribution in [-0.2, 0) is 0 Å². The van der Waals surface area contributed by atoms with E-state index in [1.54, 1.807) is 54.6 Å². The van der Waals surface area contributed by atoms with E-state index in [0.29, 0.717) is 33.2 Å². The van der Waals surface area contributed by atoms with E-state index in [-0.39, 0.29) is 0 Å². The summed E-state index contributed by atoms with van der Waals surface area (Å²) in [5.41, 5.74) is 6.12. The van der Waals surface area contributed by atoms with E-state index in [2.05, 4.69) is 31.4 Å². The molecule has 41 heavy (non-hydrogen) atoms. The van der Waals surface area contributed by atoms with E-state index in [0.717, 1.165) is 31.7 Å². The molecule has 6 rings (SSSR count). The monoisotopic (exact) mass is 621 g/mol. The van der Waals surface area contributed by atoms with Gasteiger partial charge in [-0.25, -0.2) is 10.2 Å². The van der Waals surface area contributed by atoms with E-state index in [1.165, 1.54) is 6.21 Å². The molecule has 0 saturated carbocycles. The number of para-hydroxylation sites is 1. The van der Waals surface area contributed by atoms with Crippen molar-refractivity contribution < 1.29 is 14.3 Å². The van der Waals surface area contributed by atoms with Crippen LogP contribution in [0.2, 0.25) is 5.02 Å². The summed E-state index contributed by atoms with van der Waals surface area (Å²) >= 11 is 9.95. The molecule has 6 nitrogen and oxygen atoms in total. The molecule has 0 fully saturated rings. The van der Waals surface area contributed by atoms with Crippen LogP contribution >= 0.6 is 27.5 Å². The van der Waals surface area contributed by atoms with Gasteiger partial charge in [-0.1, -0.05) is 94.3 Å². The van der Waals surface area contributed by atoms with Gasteiger partial charge in [0.05, 0.1) is 17.3 Å². The number of nitrogens with one attached hydrogen (secondary N) is 2. The Kier molecular flexibility index (Phi) is 7.37. The molecule has 0 unspecified atom stereocenters. The number of halogens is 2. The number of esters is 1. The third kappa shape index (κ3) is 5.37. The summed E-state index contributed by atoms with van der Waals surface area (Å²) in [6.45, 7) is 0. The standard InChI is InChI=1S/C33H21BrClN3O3/c34-23-16-13-21(14-17-23)33(40)41-28-12-6-2-8-22(28)19-36-38-32(39)31-29(25-10-4-5-11-27(25)35)26-18-15-20-7-1-3-9-24(20)30(26)37-31/h1-19,37H,(H,38,39). The summed E-state index contributed by atoms with van der Waals surface area (Å²) in [4.78, 5) is 29.5. The molecule has 0 spiro atoms. The molecule has 1 amide bonds. The number of hydrazone groups is 1. The number of carbonyl (C=O) groups is 2. The highest BCUT2D eigenvalue weighted by atomic mass is 79.9. The normalized spacial score (nSPS) is 11.3. The first-order valence-electron chi connectivity index (χ1n) is 12.7. The van der Waals surface area contributed by atoms with Crippen LogP contribution in [0, 0.1) is 0 Å². The van der Waals surface area contributed by atoms with Crippen LogP contribution in [0.15, 0.2) is 119 Å². The van der Waals surface area contributed by atoms with Gasteiger partial charge >= 0.3 is 5.97 Å². The number of aromatic amines is 1. The number of hydrogen-bond donors (Lipinski definition) is 2. The molecule has 0 atom stereocenters. The first-order chi connectivity index (χ1) is 20.0. The maximum Gasteiger partial charge on any atom is 0.343 e. The second kappa shape index (κ2) is 11.4. The van der Waals surface area contributed by atoms with Gasteiger partial charge in [0, 0.05) is 37.0 Å². The number of rotatable bonds is 6. The lowest BCUT2D eigenvalue weighted by Crippen LogP contribution is -2.19. The lowest BCUT2D eigenvalue weighted by molar-refractivity contribution is 0.0734. The van der Waals surface area contributed by atoms with Crippen molar-refractivity contribution in [2.24, 2.45) is 5.10 Å². The number of hydrogen-bond acceptors (Lipinski definition) is 4. The highest BCUT2D eigenvalue weighted by molar-refractivity contribution is 9.10. The molecule has 200 valence electrons. The fourth-order valence-corrected chi connectivity index (χ4v) is 5.19. The van der Waals surface area contributed by atoms with Crippen LogP contribution in [0.5, 0.6) is 5.75 Å². The van der Waals surface area contributed by atoms with Gasteiger partial charge in [-0.3, -0.25) is 4.79 Å². The van der Waals surface area contributed by atoms with E-state index < -0.39 is 11.9 Å². The highest BCUT2D eigenvalue weighted by Crippen LogP contribution is 2.39. The topological polar surface area (TPSA) is 83.5 Å². The van der Waals surface area contributed by atoms with Crippen LogP contribution in [0.4, 0.5) is 0 Å². The second-order valence-corrected chi connectivity index (χ2v) is 10.5. The second-order valence-electron chi connectivity index (χ2n) is 9.20. The van der Waals surface area contributed by atoms with Crippen molar-refractivity contribution in [2.75, 3.05) is 0 Å². The molecule has 0 radical (unpaired) electrons. The smallest absolute Gasteiger partial charge is 0.343 e. The van der Waals surface area contributed by atoms with Crippen molar-refractivity contribution in [2.45, 2.75) is 0 Å². The SMILES string of the molecule is O=C(Oc1ccccc1C=NNC(=O)c1[nH]c2c(ccc3ccccc32)c1-c1ccccc1Cl)c1ccc(Br)cc1. The van der Waals surface area contributed by atoms with E-state index in [1.807, 2.05) is 54.6 Å². The van der Waals surface area contributed by atoms with Gasteiger partial charge in [0.25, 0.3) is 5.91 Å². The van der Waals surface area contributed by atoms with Gasteiger partial charge < -0.3 is 9.72 Å². The fraction of sp³-hybridized carbons (Fsp3) is 0. The highest BCUT2D eigenvalue weighted by Gasteiger charge is 2.22. The Labute approximate surface area is 248 Å². The van der Waals surface area contributed by atoms with Crippen molar-refractivity contribution in [3.63, 3.8) is 0 Å². The average Bonchev–Trinajstić information content (AvgIpc) is 3.39. The minimum atomic E-state index is -0.503. The van der Waals surface area contributed by atoms with Gasteiger partial charge in [0.1, 0.15) is 11.4 Å². The maximum absolute atomic E-state index is 13.5. The number of nitrogens with zero attached hydrogens (tertiary/aromatic N) is 1. The summed E-state index contributed by atoms with van der Waals surface area (Å²) in [6.07, 6.45) is 1.44. The molecule has 0 aliphatic rings. The third-order valence-corrected chi connectivity index (χ3v) is 7.50. The molecule has 0 aliphatic heterocycles. The van der Waals surface area contributed by atoms with Crippen LogP contribution in [0.1, 0.15) is 26.4 Å². The Bertz CT molecular complexity index is 1970. The zero-order chi connectivity index (χ0) is 28.3. The predicted octanol–water partition coefficient (Wildman–Crippen LogP) is 8.39. The van der Waals surface area contributed by atoms with Crippen LogP contribution in [0.3, 0.4) is 0 Å². The average molecular weight is 623 g/mol. The largest absolute Gasteiger partial charge is 0.422 e. The molecule has 2 N–H and O–H groups in total. The van der Waals surface area contributed by atoms with Crippen molar-refractivity contribution in [3.8, 4) is 16.9 Å². The number of aromatic nitrogens is 1. The van der Waals surface area contributed by atoms with Gasteiger partial charge in [-0.2, -0.15) is 5.10 Å². The van der Waals surface area contributed by atoms with Crippen LogP contribution < -0.4 is 10.2 Å². The van der Waals surface area contributed by atoms with Gasteiger partial charge in [-0.05, 0) is 47.9 Å². The van der Waals surface area contributed by atoms with Crippen molar-refractivity contribution in [1.82, 2.24) is 10.4 Å². The lowest BCUT2D eigenvalue weighted by Gasteiger charge is -2.08. The number of fused-ring (bicyclic) bond motifs is 3. The summed E-state index contributed by atoms with van der Waals surface area (Å²) in [5.74, 6) is -0.634. The first kappa shape index (κ1) is 26.5. The van der Waals surface area contributed by atoms with E-state index in [9.17, 15) is 9.59 Å². The number of H-pyrrole nitrogens is 1. The molecule has 0 saturated heterocycles. The number of ether oxygens (including phenoxy) is 1. The molecular formula is C33H21BrClN3O3. The Morgan fingerprint density at radius 2 is 1.56 bits per heavy atom. The van der Waals surface area contributed by atoms with Gasteiger partial charge in [0.15, 0.2) is 0 Å². The predicted molar refractivity (Wildman–Crippen MR) is 167 cm³/mol. The molecule has 0 bridgehead atoms. The van der Waals surface area contributed by atoms with Gasteiger partial charge in [0.2, 0.25) is 0 Å². The summed E-state index contributed by atoms with van der Waals surface area (Å²) in [6, 6.07) is 33.2. The number of benzene rings is 5.